The predicted octanol–water partition coefficient (Wildman–Crippen LogP) is 3.82. The zero-order chi connectivity index (χ0) is 13.4. The van der Waals surface area contributed by atoms with Gasteiger partial charge in [0.25, 0.3) is 0 Å². The number of aliphatic hydroxyl groups excluding tert-OH is 1. The van der Waals surface area contributed by atoms with Crippen LogP contribution in [0.25, 0.3) is 0 Å². The lowest BCUT2D eigenvalue weighted by atomic mass is 9.83. The van der Waals surface area contributed by atoms with E-state index in [1.807, 2.05) is 18.2 Å². The van der Waals surface area contributed by atoms with Gasteiger partial charge in [-0.25, -0.2) is 4.39 Å². The molecule has 2 aliphatic carbocycles. The van der Waals surface area contributed by atoms with E-state index in [2.05, 4.69) is 13.0 Å². The fourth-order valence-corrected chi connectivity index (χ4v) is 3.40. The van der Waals surface area contributed by atoms with Crippen molar-refractivity contribution in [1.29, 1.82) is 0 Å². The van der Waals surface area contributed by atoms with E-state index in [1.165, 1.54) is 22.3 Å². The summed E-state index contributed by atoms with van der Waals surface area (Å²) in [4.78, 5) is 0. The van der Waals surface area contributed by atoms with Gasteiger partial charge in [0.2, 0.25) is 0 Å². The van der Waals surface area contributed by atoms with Crippen LogP contribution in [-0.2, 0) is 13.0 Å². The van der Waals surface area contributed by atoms with Crippen molar-refractivity contribution in [3.63, 3.8) is 0 Å². The van der Waals surface area contributed by atoms with E-state index in [1.54, 1.807) is 6.08 Å². The molecule has 0 aromatic heterocycles. The number of fused-ring (bicyclic) bond motifs is 1. The summed E-state index contributed by atoms with van der Waals surface area (Å²) in [7, 11) is 0. The molecule has 3 rings (SSSR count). The van der Waals surface area contributed by atoms with Crippen LogP contribution in [0.2, 0.25) is 0 Å². The summed E-state index contributed by atoms with van der Waals surface area (Å²) < 4.78 is 13.6. The first-order valence-electron chi connectivity index (χ1n) is 6.96. The van der Waals surface area contributed by atoms with Gasteiger partial charge in [-0.2, -0.15) is 0 Å². The van der Waals surface area contributed by atoms with Crippen LogP contribution in [0.1, 0.15) is 42.4 Å². The van der Waals surface area contributed by atoms with Crippen LogP contribution in [0, 0.1) is 0 Å². The molecule has 0 radical (unpaired) electrons. The van der Waals surface area contributed by atoms with Gasteiger partial charge in [-0.15, -0.1) is 0 Å². The van der Waals surface area contributed by atoms with E-state index in [-0.39, 0.29) is 12.5 Å². The van der Waals surface area contributed by atoms with E-state index in [9.17, 15) is 9.50 Å². The second-order valence-corrected chi connectivity index (χ2v) is 5.49. The molecular weight excluding hydrogens is 239 g/mol. The molecule has 0 bridgehead atoms. The molecule has 2 aliphatic rings. The second-order valence-electron chi connectivity index (χ2n) is 5.49. The predicted molar refractivity (Wildman–Crippen MR) is 74.8 cm³/mol. The Morgan fingerprint density at radius 2 is 2.16 bits per heavy atom. The van der Waals surface area contributed by atoms with Crippen LogP contribution in [0.4, 0.5) is 4.39 Å². The van der Waals surface area contributed by atoms with Gasteiger partial charge >= 0.3 is 0 Å². The number of alkyl halides is 1. The first kappa shape index (κ1) is 12.6. The summed E-state index contributed by atoms with van der Waals surface area (Å²) in [6, 6.07) is 6.11. The van der Waals surface area contributed by atoms with Crippen molar-refractivity contribution in [2.75, 3.05) is 0 Å². The molecule has 0 saturated carbocycles. The maximum Gasteiger partial charge on any atom is 0.122 e. The van der Waals surface area contributed by atoms with E-state index < -0.39 is 6.17 Å². The average Bonchev–Trinajstić information content (AvgIpc) is 2.57. The van der Waals surface area contributed by atoms with Gasteiger partial charge in [-0.3, -0.25) is 0 Å². The largest absolute Gasteiger partial charge is 0.392 e. The molecule has 0 aliphatic heterocycles. The summed E-state index contributed by atoms with van der Waals surface area (Å²) in [6.45, 7) is 2.24. The summed E-state index contributed by atoms with van der Waals surface area (Å²) in [5.41, 5.74) is 6.07. The first-order chi connectivity index (χ1) is 9.20. The Morgan fingerprint density at radius 1 is 1.32 bits per heavy atom. The van der Waals surface area contributed by atoms with Crippen molar-refractivity contribution in [2.24, 2.45) is 0 Å². The summed E-state index contributed by atoms with van der Waals surface area (Å²) in [6.07, 6.45) is 5.21. The van der Waals surface area contributed by atoms with E-state index in [4.69, 9.17) is 0 Å². The smallest absolute Gasteiger partial charge is 0.122 e. The van der Waals surface area contributed by atoms with E-state index >= 15 is 0 Å². The van der Waals surface area contributed by atoms with Crippen LogP contribution in [-0.4, -0.2) is 11.3 Å². The maximum absolute atomic E-state index is 13.6. The fraction of sp³-hybridized carbons (Fsp3) is 0.412. The molecule has 1 N–H and O–H groups in total. The third-order valence-corrected chi connectivity index (χ3v) is 4.45. The van der Waals surface area contributed by atoms with Gasteiger partial charge in [0.05, 0.1) is 6.61 Å². The highest BCUT2D eigenvalue weighted by Crippen LogP contribution is 2.40. The number of aliphatic hydroxyl groups is 1. The fourth-order valence-electron chi connectivity index (χ4n) is 3.40. The van der Waals surface area contributed by atoms with Gasteiger partial charge in [-0.1, -0.05) is 42.8 Å². The van der Waals surface area contributed by atoms with E-state index in [0.717, 1.165) is 18.4 Å². The van der Waals surface area contributed by atoms with Crippen molar-refractivity contribution in [3.05, 3.63) is 58.2 Å². The standard InChI is InChI=1S/C17H19FO/c1-11-15-4-2-3-13(10-19)16(15)8-6-12-5-7-14(18)9-17(11)12/h2-5,7,11,14,19H,6,8-10H2,1H3. The quantitative estimate of drug-likeness (QED) is 0.811. The number of hydrogen-bond acceptors (Lipinski definition) is 1. The number of hydrogen-bond donors (Lipinski definition) is 1. The third-order valence-electron chi connectivity index (χ3n) is 4.45. The highest BCUT2D eigenvalue weighted by molar-refractivity contribution is 5.47. The van der Waals surface area contributed by atoms with Crippen LogP contribution in [0.15, 0.2) is 41.5 Å². The Bertz CT molecular complexity index is 556. The molecule has 0 fully saturated rings. The summed E-state index contributed by atoms with van der Waals surface area (Å²) in [5.74, 6) is 0.252. The van der Waals surface area contributed by atoms with Gasteiger partial charge < -0.3 is 5.11 Å². The van der Waals surface area contributed by atoms with Gasteiger partial charge in [0, 0.05) is 12.3 Å². The minimum Gasteiger partial charge on any atom is -0.392 e. The Kier molecular flexibility index (Phi) is 3.28. The van der Waals surface area contributed by atoms with E-state index in [0.29, 0.717) is 6.42 Å². The van der Waals surface area contributed by atoms with Crippen molar-refractivity contribution in [3.8, 4) is 0 Å². The lowest BCUT2D eigenvalue weighted by Gasteiger charge is -2.23. The zero-order valence-corrected chi connectivity index (χ0v) is 11.2. The Morgan fingerprint density at radius 3 is 2.95 bits per heavy atom. The van der Waals surface area contributed by atoms with Gasteiger partial charge in [0.1, 0.15) is 6.17 Å². The van der Waals surface area contributed by atoms with Crippen LogP contribution < -0.4 is 0 Å². The number of halogens is 1. The zero-order valence-electron chi connectivity index (χ0n) is 11.2. The molecule has 0 amide bonds. The molecule has 2 unspecified atom stereocenters. The molecule has 0 saturated heterocycles. The lowest BCUT2D eigenvalue weighted by Crippen LogP contribution is -2.10. The number of rotatable bonds is 1. The highest BCUT2D eigenvalue weighted by atomic mass is 19.1. The molecule has 2 atom stereocenters. The number of benzene rings is 1. The van der Waals surface area contributed by atoms with Crippen molar-refractivity contribution >= 4 is 0 Å². The second kappa shape index (κ2) is 4.93. The lowest BCUT2D eigenvalue weighted by molar-refractivity contribution is 0.280. The maximum atomic E-state index is 13.6. The van der Waals surface area contributed by atoms with Crippen LogP contribution >= 0.6 is 0 Å². The Hall–Kier alpha value is -1.41. The summed E-state index contributed by atoms with van der Waals surface area (Å²) in [5, 5.41) is 9.48. The molecule has 100 valence electrons. The van der Waals surface area contributed by atoms with Crippen molar-refractivity contribution < 1.29 is 9.50 Å². The molecule has 1 aromatic rings. The number of allylic oxidation sites excluding steroid dienone is 4. The molecular formula is C17H19FO. The minimum atomic E-state index is -0.844. The van der Waals surface area contributed by atoms with Gasteiger partial charge in [0.15, 0.2) is 0 Å². The molecule has 2 heteroatoms. The van der Waals surface area contributed by atoms with Crippen LogP contribution in [0.5, 0.6) is 0 Å². The minimum absolute atomic E-state index is 0.0855. The monoisotopic (exact) mass is 258 g/mol. The topological polar surface area (TPSA) is 20.2 Å². The normalized spacial score (nSPS) is 25.8. The average molecular weight is 258 g/mol. The molecule has 1 nitrogen and oxygen atoms in total. The van der Waals surface area contributed by atoms with Crippen molar-refractivity contribution in [1.82, 2.24) is 0 Å². The SMILES string of the molecule is CC1C2=C(C=CC(F)C2)CCc2c(CO)cccc21. The molecule has 0 heterocycles. The summed E-state index contributed by atoms with van der Waals surface area (Å²) >= 11 is 0. The first-order valence-corrected chi connectivity index (χ1v) is 6.96. The Balaban J connectivity index is 2.07. The third kappa shape index (κ3) is 2.14. The van der Waals surface area contributed by atoms with Gasteiger partial charge in [-0.05, 0) is 35.1 Å². The Labute approximate surface area is 113 Å². The molecule has 19 heavy (non-hydrogen) atoms. The van der Waals surface area contributed by atoms with Crippen LogP contribution in [0.3, 0.4) is 0 Å². The highest BCUT2D eigenvalue weighted by Gasteiger charge is 2.26. The van der Waals surface area contributed by atoms with Crippen molar-refractivity contribution in [2.45, 2.75) is 44.9 Å². The molecule has 1 aromatic carbocycles. The molecule has 0 spiro atoms.